The summed E-state index contributed by atoms with van der Waals surface area (Å²) in [5.74, 6) is -0.393. The van der Waals surface area contributed by atoms with Crippen molar-refractivity contribution in [3.05, 3.63) is 50.8 Å². The number of hydrogen-bond acceptors (Lipinski definition) is 3. The maximum Gasteiger partial charge on any atom is 0.270 e. The average Bonchev–Trinajstić information content (AvgIpc) is 2.29. The van der Waals surface area contributed by atoms with Crippen molar-refractivity contribution in [2.75, 3.05) is 0 Å². The Balaban J connectivity index is 2.75. The minimum Gasteiger partial charge on any atom is -0.331 e. The Morgan fingerprint density at radius 2 is 1.88 bits per heavy atom. The number of nitriles is 1. The van der Waals surface area contributed by atoms with Crippen LogP contribution in [0.5, 0.6) is 0 Å². The monoisotopic (exact) mass is 247 g/mol. The van der Waals surface area contributed by atoms with Gasteiger partial charge in [-0.1, -0.05) is 0 Å². The molecule has 84 valence electrons. The molecule has 1 aromatic heterocycles. The van der Waals surface area contributed by atoms with E-state index < -0.39 is 11.4 Å². The van der Waals surface area contributed by atoms with Gasteiger partial charge in [0.25, 0.3) is 5.56 Å². The Hall–Kier alpha value is -2.26. The zero-order chi connectivity index (χ0) is 12.4. The molecule has 2 rings (SSSR count). The molecule has 0 bridgehead atoms. The van der Waals surface area contributed by atoms with Crippen molar-refractivity contribution in [2.45, 2.75) is 0 Å². The summed E-state index contributed by atoms with van der Waals surface area (Å²) in [5.41, 5.74) is 0.183. The molecule has 0 amide bonds. The van der Waals surface area contributed by atoms with Gasteiger partial charge in [0.1, 0.15) is 17.4 Å². The molecule has 6 heteroatoms. The molecule has 1 heterocycles. The van der Waals surface area contributed by atoms with Crippen LogP contribution < -0.4 is 5.56 Å². The predicted octanol–water partition coefficient (Wildman–Crippen LogP) is 2.11. The topological polar surface area (TPSA) is 72.4 Å². The van der Waals surface area contributed by atoms with Gasteiger partial charge in [0.15, 0.2) is 4.77 Å². The molecule has 0 saturated carbocycles. The molecule has 0 atom stereocenters. The van der Waals surface area contributed by atoms with E-state index in [2.05, 4.69) is 9.97 Å². The van der Waals surface area contributed by atoms with Crippen molar-refractivity contribution in [3.63, 3.8) is 0 Å². The Bertz CT molecular complexity index is 709. The fraction of sp³-hybridized carbons (Fsp3) is 0. The molecule has 0 aliphatic heterocycles. The quantitative estimate of drug-likeness (QED) is 0.758. The highest BCUT2D eigenvalue weighted by Crippen LogP contribution is 2.18. The van der Waals surface area contributed by atoms with Crippen LogP contribution in [0.1, 0.15) is 5.56 Å². The lowest BCUT2D eigenvalue weighted by Crippen LogP contribution is -2.13. The van der Waals surface area contributed by atoms with Gasteiger partial charge in [0.2, 0.25) is 0 Å². The van der Waals surface area contributed by atoms with E-state index in [0.29, 0.717) is 11.3 Å². The van der Waals surface area contributed by atoms with Crippen LogP contribution in [-0.2, 0) is 0 Å². The summed E-state index contributed by atoms with van der Waals surface area (Å²) in [6.07, 6.45) is 0. The van der Waals surface area contributed by atoms with E-state index in [9.17, 15) is 9.18 Å². The molecular formula is C11H6FN3OS. The fourth-order valence-corrected chi connectivity index (χ4v) is 1.62. The summed E-state index contributed by atoms with van der Waals surface area (Å²) < 4.78 is 12.9. The van der Waals surface area contributed by atoms with Crippen LogP contribution in [0.25, 0.3) is 11.3 Å². The first-order valence-corrected chi connectivity index (χ1v) is 5.05. The molecule has 0 saturated heterocycles. The minimum atomic E-state index is -0.560. The molecule has 0 fully saturated rings. The third-order valence-corrected chi connectivity index (χ3v) is 2.39. The van der Waals surface area contributed by atoms with Gasteiger partial charge in [0.05, 0.1) is 5.69 Å². The molecule has 2 N–H and O–H groups in total. The van der Waals surface area contributed by atoms with E-state index in [0.717, 1.165) is 0 Å². The maximum atomic E-state index is 12.8. The Morgan fingerprint density at radius 3 is 2.47 bits per heavy atom. The molecule has 2 aromatic rings. The van der Waals surface area contributed by atoms with E-state index in [-0.39, 0.29) is 10.3 Å². The van der Waals surface area contributed by atoms with Gasteiger partial charge in [-0.05, 0) is 42.0 Å². The second kappa shape index (κ2) is 4.31. The second-order valence-corrected chi connectivity index (χ2v) is 3.69. The molecule has 1 aromatic carbocycles. The number of nitrogens with one attached hydrogen (secondary N) is 2. The molecule has 17 heavy (non-hydrogen) atoms. The Morgan fingerprint density at radius 1 is 1.24 bits per heavy atom. The number of aromatic amines is 2. The summed E-state index contributed by atoms with van der Waals surface area (Å²) in [4.78, 5) is 16.5. The van der Waals surface area contributed by atoms with Crippen LogP contribution in [0.4, 0.5) is 4.39 Å². The van der Waals surface area contributed by atoms with Crippen LogP contribution in [0.3, 0.4) is 0 Å². The van der Waals surface area contributed by atoms with Crippen molar-refractivity contribution in [2.24, 2.45) is 0 Å². The Labute approximate surface area is 100 Å². The first-order chi connectivity index (χ1) is 8.11. The largest absolute Gasteiger partial charge is 0.331 e. The van der Waals surface area contributed by atoms with E-state index in [1.807, 2.05) is 0 Å². The van der Waals surface area contributed by atoms with Crippen LogP contribution in [0.2, 0.25) is 0 Å². The smallest absolute Gasteiger partial charge is 0.270 e. The number of aromatic nitrogens is 2. The number of benzene rings is 1. The van der Waals surface area contributed by atoms with Crippen LogP contribution in [0.15, 0.2) is 29.1 Å². The third kappa shape index (κ3) is 2.14. The number of hydrogen-bond donors (Lipinski definition) is 2. The average molecular weight is 247 g/mol. The van der Waals surface area contributed by atoms with Crippen molar-refractivity contribution in [1.29, 1.82) is 5.26 Å². The van der Waals surface area contributed by atoms with Crippen molar-refractivity contribution < 1.29 is 4.39 Å². The predicted molar refractivity (Wildman–Crippen MR) is 62.4 cm³/mol. The van der Waals surface area contributed by atoms with E-state index in [1.54, 1.807) is 6.07 Å². The summed E-state index contributed by atoms with van der Waals surface area (Å²) in [6.45, 7) is 0. The standard InChI is InChI=1S/C11H6FN3OS/c12-7-3-1-6(2-4-7)9-8(5-13)10(16)15-11(17)14-9/h1-4H,(H2,14,15,16,17). The Kier molecular flexibility index (Phi) is 2.85. The van der Waals surface area contributed by atoms with Crippen LogP contribution in [-0.4, -0.2) is 9.97 Å². The molecule has 0 aliphatic carbocycles. The van der Waals surface area contributed by atoms with Gasteiger partial charge in [-0.2, -0.15) is 5.26 Å². The molecule has 0 aliphatic rings. The molecular weight excluding hydrogens is 241 g/mol. The zero-order valence-electron chi connectivity index (χ0n) is 8.45. The van der Waals surface area contributed by atoms with Gasteiger partial charge in [-0.25, -0.2) is 4.39 Å². The van der Waals surface area contributed by atoms with Gasteiger partial charge in [-0.15, -0.1) is 0 Å². The fourth-order valence-electron chi connectivity index (χ4n) is 1.43. The highest BCUT2D eigenvalue weighted by molar-refractivity contribution is 7.71. The van der Waals surface area contributed by atoms with Crippen LogP contribution in [0, 0.1) is 21.9 Å². The normalized spacial score (nSPS) is 9.88. The van der Waals surface area contributed by atoms with E-state index in [1.165, 1.54) is 24.3 Å². The lowest BCUT2D eigenvalue weighted by Gasteiger charge is -2.03. The van der Waals surface area contributed by atoms with Crippen molar-refractivity contribution >= 4 is 12.2 Å². The van der Waals surface area contributed by atoms with Gasteiger partial charge >= 0.3 is 0 Å². The number of rotatable bonds is 1. The van der Waals surface area contributed by atoms with Gasteiger partial charge in [0, 0.05) is 0 Å². The minimum absolute atomic E-state index is 0.0785. The zero-order valence-corrected chi connectivity index (χ0v) is 9.27. The number of H-pyrrole nitrogens is 2. The lowest BCUT2D eigenvalue weighted by atomic mass is 10.1. The number of nitrogens with zero attached hydrogens (tertiary/aromatic N) is 1. The highest BCUT2D eigenvalue weighted by Gasteiger charge is 2.09. The van der Waals surface area contributed by atoms with Crippen molar-refractivity contribution in [1.82, 2.24) is 9.97 Å². The molecule has 0 radical (unpaired) electrons. The van der Waals surface area contributed by atoms with E-state index in [4.69, 9.17) is 17.5 Å². The first-order valence-electron chi connectivity index (χ1n) is 4.64. The number of halogens is 1. The summed E-state index contributed by atoms with van der Waals surface area (Å²) in [6, 6.07) is 7.22. The summed E-state index contributed by atoms with van der Waals surface area (Å²) >= 11 is 4.83. The van der Waals surface area contributed by atoms with Crippen LogP contribution >= 0.6 is 12.2 Å². The highest BCUT2D eigenvalue weighted by atomic mass is 32.1. The van der Waals surface area contributed by atoms with Gasteiger partial charge < -0.3 is 4.98 Å². The first kappa shape index (κ1) is 11.2. The lowest BCUT2D eigenvalue weighted by molar-refractivity contribution is 0.628. The van der Waals surface area contributed by atoms with Gasteiger partial charge in [-0.3, -0.25) is 9.78 Å². The van der Waals surface area contributed by atoms with Crippen molar-refractivity contribution in [3.8, 4) is 17.3 Å². The molecule has 0 unspecified atom stereocenters. The second-order valence-electron chi connectivity index (χ2n) is 3.28. The third-order valence-electron chi connectivity index (χ3n) is 2.19. The summed E-state index contributed by atoms with van der Waals surface area (Å²) in [7, 11) is 0. The summed E-state index contributed by atoms with van der Waals surface area (Å²) in [5, 5.41) is 8.91. The van der Waals surface area contributed by atoms with E-state index >= 15 is 0 Å². The molecule has 0 spiro atoms. The maximum absolute atomic E-state index is 12.8. The SMILES string of the molecule is N#Cc1c(-c2ccc(F)cc2)[nH]c(=S)[nH]c1=O. The molecule has 4 nitrogen and oxygen atoms in total.